The highest BCUT2D eigenvalue weighted by Crippen LogP contribution is 2.34. The molecule has 0 aliphatic heterocycles. The normalized spacial score (nSPS) is 15.3. The zero-order valence-corrected chi connectivity index (χ0v) is 16.6. The number of rotatable bonds is 10. The summed E-state index contributed by atoms with van der Waals surface area (Å²) in [6.07, 6.45) is 5.59. The summed E-state index contributed by atoms with van der Waals surface area (Å²) in [5.74, 6) is 0. The molecular weight excluding hydrogens is 296 g/mol. The Hall–Kier alpha value is -0.860. The molecule has 0 bridgehead atoms. The fraction of sp³-hybridized carbons (Fsp3) is 0.727. The molecule has 24 heavy (non-hydrogen) atoms. The van der Waals surface area contributed by atoms with Gasteiger partial charge in [-0.2, -0.15) is 0 Å². The quantitative estimate of drug-likeness (QED) is 0.606. The first-order valence-electron chi connectivity index (χ1n) is 9.52. The van der Waals surface area contributed by atoms with Crippen LogP contribution in [0.3, 0.4) is 0 Å². The van der Waals surface area contributed by atoms with Crippen LogP contribution < -0.4 is 0 Å². The van der Waals surface area contributed by atoms with E-state index >= 15 is 0 Å². The molecule has 1 aromatic carbocycles. The van der Waals surface area contributed by atoms with Crippen LogP contribution in [0.4, 0.5) is 0 Å². The Bertz CT molecular complexity index is 445. The van der Waals surface area contributed by atoms with Crippen LogP contribution in [0.2, 0.25) is 0 Å². The number of aliphatic hydroxyl groups excluding tert-OH is 2. The van der Waals surface area contributed by atoms with Crippen LogP contribution in [0.25, 0.3) is 0 Å². The third kappa shape index (κ3) is 6.94. The van der Waals surface area contributed by atoms with Crippen molar-refractivity contribution in [2.24, 2.45) is 0 Å². The highest BCUT2D eigenvalue weighted by molar-refractivity contribution is 5.33. The van der Waals surface area contributed by atoms with Crippen molar-refractivity contribution >= 4 is 0 Å². The van der Waals surface area contributed by atoms with Gasteiger partial charge in [0.05, 0.1) is 12.2 Å². The van der Waals surface area contributed by atoms with Crippen LogP contribution >= 0.6 is 0 Å². The third-order valence-electron chi connectivity index (χ3n) is 5.27. The Labute approximate surface area is 149 Å². The molecule has 0 amide bonds. The standard InChI is InChI=1S/C22H38O2/c1-17(23)10-8-14-21(3,4)19-12-7-13-20(16-19)22(5,6)15-9-11-18(2)24/h7,12-13,16-18,23-24H,8-11,14-15H2,1-6H3. The van der Waals surface area contributed by atoms with Crippen molar-refractivity contribution in [1.29, 1.82) is 0 Å². The van der Waals surface area contributed by atoms with Crippen molar-refractivity contribution in [3.63, 3.8) is 0 Å². The van der Waals surface area contributed by atoms with Crippen molar-refractivity contribution in [2.45, 2.75) is 103 Å². The predicted octanol–water partition coefficient (Wildman–Crippen LogP) is 5.34. The van der Waals surface area contributed by atoms with Crippen LogP contribution in [0.1, 0.15) is 91.2 Å². The van der Waals surface area contributed by atoms with E-state index in [1.807, 2.05) is 13.8 Å². The summed E-state index contributed by atoms with van der Waals surface area (Å²) < 4.78 is 0. The largest absolute Gasteiger partial charge is 0.393 e. The second-order valence-corrected chi connectivity index (χ2v) is 8.83. The van der Waals surface area contributed by atoms with Gasteiger partial charge in [0.2, 0.25) is 0 Å². The maximum absolute atomic E-state index is 9.47. The minimum Gasteiger partial charge on any atom is -0.393 e. The predicted molar refractivity (Wildman–Crippen MR) is 104 cm³/mol. The van der Waals surface area contributed by atoms with Gasteiger partial charge in [-0.3, -0.25) is 0 Å². The molecule has 1 aromatic rings. The van der Waals surface area contributed by atoms with Gasteiger partial charge in [0, 0.05) is 0 Å². The van der Waals surface area contributed by atoms with Crippen molar-refractivity contribution in [3.8, 4) is 0 Å². The molecule has 1 rings (SSSR count). The van der Waals surface area contributed by atoms with Gasteiger partial charge >= 0.3 is 0 Å². The Kier molecular flexibility index (Phi) is 7.95. The third-order valence-corrected chi connectivity index (χ3v) is 5.27. The summed E-state index contributed by atoms with van der Waals surface area (Å²) in [5.41, 5.74) is 3.02. The van der Waals surface area contributed by atoms with E-state index in [1.165, 1.54) is 11.1 Å². The lowest BCUT2D eigenvalue weighted by Crippen LogP contribution is -2.21. The van der Waals surface area contributed by atoms with Crippen LogP contribution in [0, 0.1) is 0 Å². The first-order chi connectivity index (χ1) is 11.0. The summed E-state index contributed by atoms with van der Waals surface area (Å²) in [7, 11) is 0. The average molecular weight is 335 g/mol. The molecule has 2 N–H and O–H groups in total. The Morgan fingerprint density at radius 1 is 0.792 bits per heavy atom. The SMILES string of the molecule is CC(O)CCCC(C)(C)c1cccc(C(C)(C)CCCC(C)O)c1. The molecule has 0 radical (unpaired) electrons. The molecule has 0 saturated heterocycles. The summed E-state index contributed by atoms with van der Waals surface area (Å²) in [5, 5.41) is 18.9. The van der Waals surface area contributed by atoms with Crippen LogP contribution in [-0.2, 0) is 10.8 Å². The van der Waals surface area contributed by atoms with Crippen molar-refractivity contribution < 1.29 is 10.2 Å². The highest BCUT2D eigenvalue weighted by atomic mass is 16.3. The molecule has 2 nitrogen and oxygen atoms in total. The van der Waals surface area contributed by atoms with Crippen LogP contribution in [-0.4, -0.2) is 22.4 Å². The first-order valence-corrected chi connectivity index (χ1v) is 9.52. The second kappa shape index (κ2) is 9.01. The van der Waals surface area contributed by atoms with Crippen molar-refractivity contribution in [3.05, 3.63) is 35.4 Å². The minimum absolute atomic E-state index is 0.126. The van der Waals surface area contributed by atoms with Gasteiger partial charge in [-0.05, 0) is 61.5 Å². The van der Waals surface area contributed by atoms with Gasteiger partial charge in [0.25, 0.3) is 0 Å². The summed E-state index contributed by atoms with van der Waals surface area (Å²) >= 11 is 0. The lowest BCUT2D eigenvalue weighted by atomic mass is 9.75. The fourth-order valence-electron chi connectivity index (χ4n) is 3.33. The number of hydrogen-bond acceptors (Lipinski definition) is 2. The van der Waals surface area contributed by atoms with Gasteiger partial charge in [-0.25, -0.2) is 0 Å². The molecule has 0 saturated carbocycles. The molecule has 0 aliphatic carbocycles. The number of hydrogen-bond donors (Lipinski definition) is 2. The van der Waals surface area contributed by atoms with Crippen LogP contribution in [0.15, 0.2) is 24.3 Å². The van der Waals surface area contributed by atoms with Gasteiger partial charge in [0.1, 0.15) is 0 Å². The summed E-state index contributed by atoms with van der Waals surface area (Å²) in [6, 6.07) is 9.01. The molecule has 0 heterocycles. The maximum atomic E-state index is 9.47. The Morgan fingerprint density at radius 2 is 1.17 bits per heavy atom. The van der Waals surface area contributed by atoms with Gasteiger partial charge in [-0.15, -0.1) is 0 Å². The van der Waals surface area contributed by atoms with E-state index in [0.717, 1.165) is 38.5 Å². The van der Waals surface area contributed by atoms with E-state index in [4.69, 9.17) is 0 Å². The minimum atomic E-state index is -0.208. The Balaban J connectivity index is 2.80. The lowest BCUT2D eigenvalue weighted by Gasteiger charge is -2.30. The Morgan fingerprint density at radius 3 is 1.50 bits per heavy atom. The molecule has 138 valence electrons. The van der Waals surface area contributed by atoms with Crippen molar-refractivity contribution in [1.82, 2.24) is 0 Å². The highest BCUT2D eigenvalue weighted by Gasteiger charge is 2.25. The fourth-order valence-corrected chi connectivity index (χ4v) is 3.33. The zero-order valence-electron chi connectivity index (χ0n) is 16.6. The van der Waals surface area contributed by atoms with E-state index in [0.29, 0.717) is 0 Å². The molecule has 0 spiro atoms. The summed E-state index contributed by atoms with van der Waals surface area (Å²) in [4.78, 5) is 0. The number of benzene rings is 1. The van der Waals surface area contributed by atoms with E-state index in [1.54, 1.807) is 0 Å². The van der Waals surface area contributed by atoms with Crippen molar-refractivity contribution in [2.75, 3.05) is 0 Å². The van der Waals surface area contributed by atoms with Crippen LogP contribution in [0.5, 0.6) is 0 Å². The average Bonchev–Trinajstić information content (AvgIpc) is 2.46. The molecule has 0 fully saturated rings. The van der Waals surface area contributed by atoms with Gasteiger partial charge in [-0.1, -0.05) is 64.8 Å². The van der Waals surface area contributed by atoms with E-state index < -0.39 is 0 Å². The molecular formula is C22H38O2. The topological polar surface area (TPSA) is 40.5 Å². The molecule has 2 heteroatoms. The molecule has 2 atom stereocenters. The van der Waals surface area contributed by atoms with E-state index in [2.05, 4.69) is 52.0 Å². The maximum Gasteiger partial charge on any atom is 0.0512 e. The molecule has 0 aliphatic rings. The first kappa shape index (κ1) is 21.2. The van der Waals surface area contributed by atoms with Gasteiger partial charge in [0.15, 0.2) is 0 Å². The second-order valence-electron chi connectivity index (χ2n) is 8.83. The van der Waals surface area contributed by atoms with E-state index in [-0.39, 0.29) is 23.0 Å². The lowest BCUT2D eigenvalue weighted by molar-refractivity contribution is 0.177. The molecule has 0 aromatic heterocycles. The zero-order chi connectivity index (χ0) is 18.4. The van der Waals surface area contributed by atoms with Gasteiger partial charge < -0.3 is 10.2 Å². The monoisotopic (exact) mass is 334 g/mol. The summed E-state index contributed by atoms with van der Waals surface area (Å²) in [6.45, 7) is 12.9. The smallest absolute Gasteiger partial charge is 0.0512 e. The van der Waals surface area contributed by atoms with E-state index in [9.17, 15) is 10.2 Å². The number of aliphatic hydroxyl groups is 2. The molecule has 2 unspecified atom stereocenters.